The first-order valence-corrected chi connectivity index (χ1v) is 6.15. The summed E-state index contributed by atoms with van der Waals surface area (Å²) in [5.41, 5.74) is 5.99. The van der Waals surface area contributed by atoms with Gasteiger partial charge < -0.3 is 10.2 Å². The van der Waals surface area contributed by atoms with E-state index in [4.69, 9.17) is 10.2 Å². The first-order chi connectivity index (χ1) is 8.60. The summed E-state index contributed by atoms with van der Waals surface area (Å²) in [4.78, 5) is 11.9. The number of ketones is 1. The topological polar surface area (TPSA) is 56.2 Å². The van der Waals surface area contributed by atoms with Gasteiger partial charge in [-0.2, -0.15) is 0 Å². The summed E-state index contributed by atoms with van der Waals surface area (Å²) in [5.74, 6) is 0.215. The van der Waals surface area contributed by atoms with Gasteiger partial charge in [-0.3, -0.25) is 4.79 Å². The Labute approximate surface area is 112 Å². The molecule has 1 heterocycles. The van der Waals surface area contributed by atoms with Crippen LogP contribution in [0.15, 0.2) is 39.2 Å². The minimum atomic E-state index is -0.372. The molecule has 1 aromatic carbocycles. The quantitative estimate of drug-likeness (QED) is 0.883. The van der Waals surface area contributed by atoms with Gasteiger partial charge in [-0.05, 0) is 35.9 Å². The van der Waals surface area contributed by atoms with Crippen LogP contribution in [0, 0.1) is 5.82 Å². The van der Waals surface area contributed by atoms with E-state index in [0.717, 1.165) is 0 Å². The minimum absolute atomic E-state index is 0.0792. The van der Waals surface area contributed by atoms with Crippen molar-refractivity contribution in [2.45, 2.75) is 13.0 Å². The molecule has 3 nitrogen and oxygen atoms in total. The fraction of sp³-hybridized carbons (Fsp3) is 0.154. The summed E-state index contributed by atoms with van der Waals surface area (Å²) in [6, 6.07) is 7.48. The molecule has 0 fully saturated rings. The van der Waals surface area contributed by atoms with Gasteiger partial charge in [0, 0.05) is 10.9 Å². The van der Waals surface area contributed by atoms with Gasteiger partial charge in [-0.15, -0.1) is 0 Å². The summed E-state index contributed by atoms with van der Waals surface area (Å²) in [5, 5.41) is 0. The van der Waals surface area contributed by atoms with E-state index in [-0.39, 0.29) is 30.3 Å². The van der Waals surface area contributed by atoms with Crippen LogP contribution >= 0.6 is 15.9 Å². The smallest absolute Gasteiger partial charge is 0.202 e. The van der Waals surface area contributed by atoms with Gasteiger partial charge in [0.1, 0.15) is 11.6 Å². The first kappa shape index (κ1) is 13.0. The summed E-state index contributed by atoms with van der Waals surface area (Å²) < 4.78 is 19.0. The molecule has 0 spiro atoms. The molecule has 0 aliphatic carbocycles. The average Bonchev–Trinajstić information content (AvgIpc) is 2.82. The van der Waals surface area contributed by atoms with Crippen LogP contribution in [-0.4, -0.2) is 5.78 Å². The number of Topliss-reactive ketones (excluding diaryl/α,β-unsaturated/α-hetero) is 1. The molecule has 0 amide bonds. The van der Waals surface area contributed by atoms with Gasteiger partial charge in [0.25, 0.3) is 0 Å². The third-order valence-electron chi connectivity index (χ3n) is 2.50. The van der Waals surface area contributed by atoms with Crippen LogP contribution in [-0.2, 0) is 13.0 Å². The number of hydrogen-bond donors (Lipinski definition) is 1. The number of halogens is 2. The van der Waals surface area contributed by atoms with Gasteiger partial charge in [-0.1, -0.05) is 15.9 Å². The Morgan fingerprint density at radius 1 is 1.33 bits per heavy atom. The molecule has 0 saturated carbocycles. The Hall–Kier alpha value is -1.46. The lowest BCUT2D eigenvalue weighted by Gasteiger charge is -2.02. The van der Waals surface area contributed by atoms with E-state index in [1.807, 2.05) is 0 Å². The largest absolute Gasteiger partial charge is 0.457 e. The van der Waals surface area contributed by atoms with Crippen LogP contribution < -0.4 is 5.73 Å². The zero-order valence-corrected chi connectivity index (χ0v) is 11.0. The van der Waals surface area contributed by atoms with Crippen molar-refractivity contribution in [2.75, 3.05) is 0 Å². The van der Waals surface area contributed by atoms with Gasteiger partial charge in [-0.25, -0.2) is 4.39 Å². The number of carbonyl (C=O) groups excluding carboxylic acids is 1. The van der Waals surface area contributed by atoms with E-state index in [1.165, 1.54) is 12.1 Å². The lowest BCUT2D eigenvalue weighted by atomic mass is 10.1. The van der Waals surface area contributed by atoms with Crippen molar-refractivity contribution in [1.82, 2.24) is 0 Å². The molecular weight excluding hydrogens is 301 g/mol. The zero-order valence-electron chi connectivity index (χ0n) is 9.45. The van der Waals surface area contributed by atoms with Crippen LogP contribution in [0.5, 0.6) is 0 Å². The molecule has 2 aromatic rings. The molecule has 0 aliphatic rings. The zero-order chi connectivity index (χ0) is 13.1. The third-order valence-corrected chi connectivity index (χ3v) is 3.27. The van der Waals surface area contributed by atoms with Crippen molar-refractivity contribution in [3.8, 4) is 0 Å². The van der Waals surface area contributed by atoms with Gasteiger partial charge >= 0.3 is 0 Å². The fourth-order valence-electron chi connectivity index (χ4n) is 1.58. The molecule has 18 heavy (non-hydrogen) atoms. The molecule has 0 saturated heterocycles. The van der Waals surface area contributed by atoms with Crippen LogP contribution in [0.3, 0.4) is 0 Å². The Kier molecular flexibility index (Phi) is 3.93. The number of hydrogen-bond acceptors (Lipinski definition) is 3. The number of rotatable bonds is 4. The maximum atomic E-state index is 13.1. The lowest BCUT2D eigenvalue weighted by Crippen LogP contribution is -2.03. The van der Waals surface area contributed by atoms with Crippen LogP contribution in [0.25, 0.3) is 0 Å². The van der Waals surface area contributed by atoms with Crippen molar-refractivity contribution in [3.63, 3.8) is 0 Å². The number of nitrogens with two attached hydrogens (primary N) is 1. The van der Waals surface area contributed by atoms with Crippen molar-refractivity contribution in [3.05, 3.63) is 57.7 Å². The van der Waals surface area contributed by atoms with E-state index < -0.39 is 0 Å². The molecule has 0 unspecified atom stereocenters. The highest BCUT2D eigenvalue weighted by atomic mass is 79.9. The highest BCUT2D eigenvalue weighted by Gasteiger charge is 2.13. The predicted molar refractivity (Wildman–Crippen MR) is 68.7 cm³/mol. The van der Waals surface area contributed by atoms with E-state index in [0.29, 0.717) is 15.8 Å². The maximum absolute atomic E-state index is 13.1. The third kappa shape index (κ3) is 2.86. The summed E-state index contributed by atoms with van der Waals surface area (Å²) >= 11 is 3.28. The predicted octanol–water partition coefficient (Wildman–Crippen LogP) is 3.07. The molecule has 0 radical (unpaired) electrons. The Bertz CT molecular complexity index is 580. The van der Waals surface area contributed by atoms with E-state index in [1.54, 1.807) is 18.2 Å². The second kappa shape index (κ2) is 5.46. The first-order valence-electron chi connectivity index (χ1n) is 5.36. The molecular formula is C13H11BrFNO2. The van der Waals surface area contributed by atoms with E-state index in [2.05, 4.69) is 15.9 Å². The summed E-state index contributed by atoms with van der Waals surface area (Å²) in [6.07, 6.45) is 0.0792. The van der Waals surface area contributed by atoms with Crippen molar-refractivity contribution in [1.29, 1.82) is 0 Å². The highest BCUT2D eigenvalue weighted by Crippen LogP contribution is 2.20. The van der Waals surface area contributed by atoms with Crippen molar-refractivity contribution < 1.29 is 13.6 Å². The standard InChI is InChI=1S/C13H11BrFNO2/c14-11-3-1-9(15)5-8(11)6-12(17)13-4-2-10(7-16)18-13/h1-5H,6-7,16H2. The number of furan rings is 1. The van der Waals surface area contributed by atoms with Crippen LogP contribution in [0.4, 0.5) is 4.39 Å². The monoisotopic (exact) mass is 311 g/mol. The second-order valence-electron chi connectivity index (χ2n) is 3.81. The van der Waals surface area contributed by atoms with Crippen LogP contribution in [0.1, 0.15) is 21.9 Å². The lowest BCUT2D eigenvalue weighted by molar-refractivity contribution is 0.0964. The Morgan fingerprint density at radius 3 is 2.78 bits per heavy atom. The normalized spacial score (nSPS) is 10.6. The summed E-state index contributed by atoms with van der Waals surface area (Å²) in [6.45, 7) is 0.247. The molecule has 2 N–H and O–H groups in total. The van der Waals surface area contributed by atoms with Gasteiger partial charge in [0.05, 0.1) is 6.54 Å². The van der Waals surface area contributed by atoms with E-state index in [9.17, 15) is 9.18 Å². The number of carbonyl (C=O) groups is 1. The summed E-state index contributed by atoms with van der Waals surface area (Å²) in [7, 11) is 0. The average molecular weight is 312 g/mol. The highest BCUT2D eigenvalue weighted by molar-refractivity contribution is 9.10. The maximum Gasteiger partial charge on any atom is 0.202 e. The van der Waals surface area contributed by atoms with Gasteiger partial charge in [0.15, 0.2) is 5.76 Å². The fourth-order valence-corrected chi connectivity index (χ4v) is 1.96. The van der Waals surface area contributed by atoms with Gasteiger partial charge in [0.2, 0.25) is 5.78 Å². The van der Waals surface area contributed by atoms with Crippen molar-refractivity contribution >= 4 is 21.7 Å². The number of benzene rings is 1. The molecule has 0 bridgehead atoms. The Balaban J connectivity index is 2.18. The molecule has 94 valence electrons. The molecule has 0 aliphatic heterocycles. The Morgan fingerprint density at radius 2 is 2.11 bits per heavy atom. The second-order valence-corrected chi connectivity index (χ2v) is 4.66. The molecule has 5 heteroatoms. The van der Waals surface area contributed by atoms with Crippen LogP contribution in [0.2, 0.25) is 0 Å². The molecule has 1 aromatic heterocycles. The van der Waals surface area contributed by atoms with E-state index >= 15 is 0 Å². The molecule has 0 atom stereocenters. The van der Waals surface area contributed by atoms with Crippen molar-refractivity contribution in [2.24, 2.45) is 5.73 Å². The molecule has 2 rings (SSSR count). The SMILES string of the molecule is NCc1ccc(C(=O)Cc2cc(F)ccc2Br)o1. The minimum Gasteiger partial charge on any atom is -0.457 e.